The van der Waals surface area contributed by atoms with Gasteiger partial charge in [0.2, 0.25) is 5.88 Å². The van der Waals surface area contributed by atoms with Crippen LogP contribution in [-0.4, -0.2) is 24.4 Å². The molecule has 1 aromatic heterocycles. The third-order valence-electron chi connectivity index (χ3n) is 1.88. The molecule has 5 nitrogen and oxygen atoms in total. The van der Waals surface area contributed by atoms with Crippen molar-refractivity contribution in [2.75, 3.05) is 7.11 Å². The Labute approximate surface area is 101 Å². The van der Waals surface area contributed by atoms with E-state index < -0.39 is 41.3 Å². The molecule has 106 valence electrons. The monoisotopic (exact) mass is 287 g/mol. The minimum Gasteiger partial charge on any atom is -0.464 e. The van der Waals surface area contributed by atoms with E-state index in [1.165, 1.54) is 0 Å². The van der Waals surface area contributed by atoms with Crippen molar-refractivity contribution in [2.24, 2.45) is 0 Å². The highest BCUT2D eigenvalue weighted by atomic mass is 19.4. The lowest BCUT2D eigenvalue weighted by Crippen LogP contribution is -2.23. The topological polar surface area (TPSA) is 68.4 Å². The van der Waals surface area contributed by atoms with Gasteiger partial charge in [-0.25, -0.2) is 13.6 Å². The Kier molecular flexibility index (Phi) is 4.12. The average Bonchev–Trinajstić information content (AvgIpc) is 2.24. The maximum absolute atomic E-state index is 12.6. The van der Waals surface area contributed by atoms with Crippen molar-refractivity contribution >= 4 is 5.97 Å². The summed E-state index contributed by atoms with van der Waals surface area (Å²) in [5, 5.41) is 0. The van der Waals surface area contributed by atoms with Gasteiger partial charge in [-0.2, -0.15) is 0 Å². The van der Waals surface area contributed by atoms with Crippen LogP contribution in [-0.2, 0) is 4.74 Å². The number of aromatic nitrogens is 1. The Morgan fingerprint density at radius 3 is 2.37 bits per heavy atom. The lowest BCUT2D eigenvalue weighted by Gasteiger charge is -2.11. The SMILES string of the molecule is COC(=O)c1[nH]c(OC(F)(F)F)cc(=O)c1C(F)F. The second-order valence-corrected chi connectivity index (χ2v) is 3.13. The van der Waals surface area contributed by atoms with Crippen LogP contribution in [0.5, 0.6) is 5.88 Å². The summed E-state index contributed by atoms with van der Waals surface area (Å²) in [6, 6.07) is 0.168. The number of rotatable bonds is 3. The first-order valence-electron chi connectivity index (χ1n) is 4.55. The summed E-state index contributed by atoms with van der Waals surface area (Å²) in [7, 11) is 0.813. The summed E-state index contributed by atoms with van der Waals surface area (Å²) in [5.41, 5.74) is -3.86. The van der Waals surface area contributed by atoms with E-state index in [4.69, 9.17) is 0 Å². The minimum absolute atomic E-state index is 0.168. The zero-order valence-corrected chi connectivity index (χ0v) is 9.18. The fraction of sp³-hybridized carbons (Fsp3) is 0.333. The third-order valence-corrected chi connectivity index (χ3v) is 1.88. The lowest BCUT2D eigenvalue weighted by atomic mass is 10.2. The molecule has 1 N–H and O–H groups in total. The van der Waals surface area contributed by atoms with Crippen LogP contribution in [0.4, 0.5) is 22.0 Å². The molecule has 0 aromatic carbocycles. The van der Waals surface area contributed by atoms with E-state index in [2.05, 4.69) is 9.47 Å². The normalized spacial score (nSPS) is 11.5. The van der Waals surface area contributed by atoms with Crippen molar-refractivity contribution in [3.63, 3.8) is 0 Å². The summed E-state index contributed by atoms with van der Waals surface area (Å²) < 4.78 is 68.4. The highest BCUT2D eigenvalue weighted by Crippen LogP contribution is 2.24. The number of nitrogens with one attached hydrogen (secondary N) is 1. The molecular formula is C9H6F5NO4. The lowest BCUT2D eigenvalue weighted by molar-refractivity contribution is -0.276. The minimum atomic E-state index is -5.15. The van der Waals surface area contributed by atoms with Gasteiger partial charge in [0, 0.05) is 6.07 Å². The second-order valence-electron chi connectivity index (χ2n) is 3.13. The van der Waals surface area contributed by atoms with Crippen molar-refractivity contribution in [3.05, 3.63) is 27.5 Å². The third kappa shape index (κ3) is 3.66. The fourth-order valence-corrected chi connectivity index (χ4v) is 1.21. The van der Waals surface area contributed by atoms with Gasteiger partial charge in [0.1, 0.15) is 5.69 Å². The van der Waals surface area contributed by atoms with Crippen LogP contribution in [0.15, 0.2) is 10.9 Å². The number of halogens is 5. The molecule has 0 aliphatic heterocycles. The maximum Gasteiger partial charge on any atom is 0.574 e. The van der Waals surface area contributed by atoms with Gasteiger partial charge < -0.3 is 14.5 Å². The number of carbonyl (C=O) groups excluding carboxylic acids is 1. The summed E-state index contributed by atoms with van der Waals surface area (Å²) >= 11 is 0. The van der Waals surface area contributed by atoms with Crippen molar-refractivity contribution in [1.82, 2.24) is 4.98 Å². The number of aromatic amines is 1. The highest BCUT2D eigenvalue weighted by Gasteiger charge is 2.33. The molecule has 0 saturated carbocycles. The molecule has 0 aliphatic rings. The molecule has 10 heteroatoms. The van der Waals surface area contributed by atoms with Gasteiger partial charge in [0.05, 0.1) is 12.7 Å². The number of hydrogen-bond acceptors (Lipinski definition) is 4. The van der Waals surface area contributed by atoms with Gasteiger partial charge in [-0.3, -0.25) is 4.79 Å². The first kappa shape index (κ1) is 14.9. The largest absolute Gasteiger partial charge is 0.574 e. The van der Waals surface area contributed by atoms with Crippen molar-refractivity contribution < 1.29 is 36.2 Å². The number of pyridine rings is 1. The molecule has 1 rings (SSSR count). The fourth-order valence-electron chi connectivity index (χ4n) is 1.21. The predicted molar refractivity (Wildman–Crippen MR) is 50.0 cm³/mol. The molecular weight excluding hydrogens is 281 g/mol. The van der Waals surface area contributed by atoms with E-state index in [0.29, 0.717) is 0 Å². The Hall–Kier alpha value is -2.13. The molecule has 0 unspecified atom stereocenters. The van der Waals surface area contributed by atoms with Crippen LogP contribution in [0.2, 0.25) is 0 Å². The number of methoxy groups -OCH3 is 1. The Morgan fingerprint density at radius 2 is 1.95 bits per heavy atom. The van der Waals surface area contributed by atoms with Gasteiger partial charge in [-0.05, 0) is 0 Å². The van der Waals surface area contributed by atoms with Crippen LogP contribution in [0, 0.1) is 0 Å². The van der Waals surface area contributed by atoms with Crippen LogP contribution < -0.4 is 10.2 Å². The van der Waals surface area contributed by atoms with Gasteiger partial charge in [-0.15, -0.1) is 13.2 Å². The Balaban J connectivity index is 3.39. The van der Waals surface area contributed by atoms with Crippen LogP contribution in [0.25, 0.3) is 0 Å². The maximum atomic E-state index is 12.6. The van der Waals surface area contributed by atoms with Crippen molar-refractivity contribution in [1.29, 1.82) is 0 Å². The van der Waals surface area contributed by atoms with Gasteiger partial charge in [-0.1, -0.05) is 0 Å². The Bertz CT molecular complexity index is 536. The number of alkyl halides is 5. The zero-order chi connectivity index (χ0) is 14.8. The molecule has 0 spiro atoms. The molecule has 0 amide bonds. The number of carbonyl (C=O) groups is 1. The van der Waals surface area contributed by atoms with Gasteiger partial charge in [0.15, 0.2) is 5.43 Å². The number of H-pyrrole nitrogens is 1. The van der Waals surface area contributed by atoms with Gasteiger partial charge >= 0.3 is 12.3 Å². The molecule has 19 heavy (non-hydrogen) atoms. The zero-order valence-electron chi connectivity index (χ0n) is 9.18. The molecule has 0 fully saturated rings. The standard InChI is InChI=1S/C9H6F5NO4/c1-18-8(17)6-5(7(10)11)3(16)2-4(15-6)19-9(12,13)14/h2,7H,1H3,(H,15,16). The molecule has 0 radical (unpaired) electrons. The number of esters is 1. The smallest absolute Gasteiger partial charge is 0.464 e. The van der Waals surface area contributed by atoms with E-state index in [1.807, 2.05) is 0 Å². The summed E-state index contributed by atoms with van der Waals surface area (Å²) in [5.74, 6) is -2.61. The first-order valence-corrected chi connectivity index (χ1v) is 4.55. The number of hydrogen-bond donors (Lipinski definition) is 1. The van der Waals surface area contributed by atoms with E-state index >= 15 is 0 Å². The van der Waals surface area contributed by atoms with Crippen LogP contribution >= 0.6 is 0 Å². The second kappa shape index (κ2) is 5.24. The van der Waals surface area contributed by atoms with Crippen molar-refractivity contribution in [2.45, 2.75) is 12.8 Å². The highest BCUT2D eigenvalue weighted by molar-refractivity contribution is 5.89. The predicted octanol–water partition coefficient (Wildman–Crippen LogP) is 2.00. The number of ether oxygens (including phenoxy) is 2. The quantitative estimate of drug-likeness (QED) is 0.682. The van der Waals surface area contributed by atoms with E-state index in [1.54, 1.807) is 4.98 Å². The van der Waals surface area contributed by atoms with E-state index in [-0.39, 0.29) is 6.07 Å². The molecule has 0 bridgehead atoms. The molecule has 1 aromatic rings. The van der Waals surface area contributed by atoms with E-state index in [0.717, 1.165) is 7.11 Å². The van der Waals surface area contributed by atoms with Crippen LogP contribution in [0.1, 0.15) is 22.5 Å². The average molecular weight is 287 g/mol. The van der Waals surface area contributed by atoms with E-state index in [9.17, 15) is 31.5 Å². The Morgan fingerprint density at radius 1 is 1.37 bits per heavy atom. The summed E-state index contributed by atoms with van der Waals surface area (Å²) in [6.07, 6.45) is -8.51. The van der Waals surface area contributed by atoms with Crippen LogP contribution in [0.3, 0.4) is 0 Å². The first-order chi connectivity index (χ1) is 8.65. The molecule has 0 saturated heterocycles. The molecule has 0 aliphatic carbocycles. The summed E-state index contributed by atoms with van der Waals surface area (Å²) in [6.45, 7) is 0. The van der Waals surface area contributed by atoms with Crippen molar-refractivity contribution in [3.8, 4) is 5.88 Å². The van der Waals surface area contributed by atoms with Gasteiger partial charge in [0.25, 0.3) is 6.43 Å². The molecule has 1 heterocycles. The summed E-state index contributed by atoms with van der Waals surface area (Å²) in [4.78, 5) is 24.0. The molecule has 0 atom stereocenters.